The Labute approximate surface area is 122 Å². The molecule has 0 aliphatic rings. The van der Waals surface area contributed by atoms with Crippen LogP contribution in [0.3, 0.4) is 0 Å². The van der Waals surface area contributed by atoms with Crippen molar-refractivity contribution in [2.24, 2.45) is 7.05 Å². The van der Waals surface area contributed by atoms with Crippen molar-refractivity contribution >= 4 is 24.5 Å². The van der Waals surface area contributed by atoms with Crippen LogP contribution in [-0.4, -0.2) is 33.2 Å². The molecule has 0 amide bonds. The molecule has 0 unspecified atom stereocenters. The van der Waals surface area contributed by atoms with Crippen molar-refractivity contribution in [3.05, 3.63) is 35.5 Å². The fraction of sp³-hybridized carbons (Fsp3) is 0.308. The Morgan fingerprint density at radius 3 is 2.50 bits per heavy atom. The molecule has 1 aromatic carbocycles. The molecule has 0 saturated carbocycles. The lowest BCUT2D eigenvalue weighted by molar-refractivity contribution is 0.419. The minimum absolute atomic E-state index is 0.123. The van der Waals surface area contributed by atoms with Gasteiger partial charge in [0.15, 0.2) is 5.75 Å². The van der Waals surface area contributed by atoms with Crippen LogP contribution in [0.4, 0.5) is 0 Å². The summed E-state index contributed by atoms with van der Waals surface area (Å²) in [5.74, 6) is 1.99. The first-order valence-corrected chi connectivity index (χ1v) is 7.57. The Kier molecular flexibility index (Phi) is 4.75. The summed E-state index contributed by atoms with van der Waals surface area (Å²) >= 11 is 1.76. The monoisotopic (exact) mass is 292 g/mol. The van der Waals surface area contributed by atoms with Gasteiger partial charge in [0.25, 0.3) is 0 Å². The van der Waals surface area contributed by atoms with Crippen LogP contribution in [0.1, 0.15) is 11.3 Å². The Morgan fingerprint density at radius 2 is 1.95 bits per heavy atom. The minimum atomic E-state index is -1.65. The number of nitrogens with zero attached hydrogens (tertiary/aromatic N) is 2. The molecule has 2 rings (SSSR count). The van der Waals surface area contributed by atoms with Crippen LogP contribution in [0.2, 0.25) is 0 Å². The van der Waals surface area contributed by atoms with Gasteiger partial charge in [0, 0.05) is 12.8 Å². The maximum atomic E-state index is 9.33. The van der Waals surface area contributed by atoms with Crippen LogP contribution in [0.5, 0.6) is 11.5 Å². The zero-order valence-corrected chi connectivity index (χ0v) is 12.5. The summed E-state index contributed by atoms with van der Waals surface area (Å²) in [6, 6.07) is 7.72. The van der Waals surface area contributed by atoms with Gasteiger partial charge in [-0.3, -0.25) is 4.68 Å². The fourth-order valence-corrected chi connectivity index (χ4v) is 2.37. The third-order valence-electron chi connectivity index (χ3n) is 3.00. The first-order valence-electron chi connectivity index (χ1n) is 6.18. The van der Waals surface area contributed by atoms with Crippen LogP contribution in [0.25, 0.3) is 0 Å². The van der Waals surface area contributed by atoms with Crippen LogP contribution < -0.4 is 10.3 Å². The standard InChI is InChI=1S/C13H17BN2O3S/c1-9-12(13(14(17)18)15-16(9)2)19-11-6-4-10(5-7-11)8-20-3/h4-7,17-18H,8H2,1-3H3. The topological polar surface area (TPSA) is 67.5 Å². The van der Waals surface area contributed by atoms with Gasteiger partial charge >= 0.3 is 7.12 Å². The van der Waals surface area contributed by atoms with Gasteiger partial charge in [-0.2, -0.15) is 16.9 Å². The molecule has 2 aromatic rings. The van der Waals surface area contributed by atoms with E-state index in [-0.39, 0.29) is 5.59 Å². The van der Waals surface area contributed by atoms with Crippen molar-refractivity contribution < 1.29 is 14.8 Å². The predicted octanol–water partition coefficient (Wildman–Crippen LogP) is 1.06. The largest absolute Gasteiger partial charge is 0.514 e. The Hall–Kier alpha value is -1.44. The SMILES string of the molecule is CSCc1ccc(Oc2c(B(O)O)nn(C)c2C)cc1. The molecule has 0 atom stereocenters. The molecule has 0 spiro atoms. The molecule has 5 nitrogen and oxygen atoms in total. The number of rotatable bonds is 5. The van der Waals surface area contributed by atoms with Gasteiger partial charge in [-0.05, 0) is 30.9 Å². The van der Waals surface area contributed by atoms with Crippen molar-refractivity contribution in [2.75, 3.05) is 6.26 Å². The predicted molar refractivity (Wildman–Crippen MR) is 81.5 cm³/mol. The van der Waals surface area contributed by atoms with Crippen molar-refractivity contribution in [1.29, 1.82) is 0 Å². The third-order valence-corrected chi connectivity index (χ3v) is 3.63. The van der Waals surface area contributed by atoms with Gasteiger partial charge in [0.05, 0.1) is 5.69 Å². The van der Waals surface area contributed by atoms with E-state index in [4.69, 9.17) is 4.74 Å². The second kappa shape index (κ2) is 6.34. The van der Waals surface area contributed by atoms with E-state index in [1.165, 1.54) is 5.56 Å². The van der Waals surface area contributed by atoms with Crippen molar-refractivity contribution in [3.8, 4) is 11.5 Å². The highest BCUT2D eigenvalue weighted by atomic mass is 32.2. The van der Waals surface area contributed by atoms with Gasteiger partial charge < -0.3 is 14.8 Å². The number of thioether (sulfide) groups is 1. The van der Waals surface area contributed by atoms with E-state index >= 15 is 0 Å². The fourth-order valence-electron chi connectivity index (χ4n) is 1.85. The number of benzene rings is 1. The van der Waals surface area contributed by atoms with Crippen LogP contribution in [-0.2, 0) is 12.8 Å². The second-order valence-corrected chi connectivity index (χ2v) is 5.34. The Bertz CT molecular complexity index is 584. The molecular weight excluding hydrogens is 275 g/mol. The molecule has 0 aliphatic heterocycles. The number of hydrogen-bond donors (Lipinski definition) is 2. The van der Waals surface area contributed by atoms with Crippen molar-refractivity contribution in [3.63, 3.8) is 0 Å². The molecule has 0 fully saturated rings. The van der Waals surface area contributed by atoms with E-state index < -0.39 is 7.12 Å². The highest BCUT2D eigenvalue weighted by Gasteiger charge is 2.25. The van der Waals surface area contributed by atoms with Gasteiger partial charge in [-0.1, -0.05) is 12.1 Å². The van der Waals surface area contributed by atoms with E-state index in [1.54, 1.807) is 23.5 Å². The van der Waals surface area contributed by atoms with E-state index in [1.807, 2.05) is 31.2 Å². The summed E-state index contributed by atoms with van der Waals surface area (Å²) in [5, 5.41) is 22.7. The molecule has 1 heterocycles. The minimum Gasteiger partial charge on any atom is -0.454 e. The molecule has 7 heteroatoms. The Morgan fingerprint density at radius 1 is 1.30 bits per heavy atom. The quantitative estimate of drug-likeness (QED) is 0.807. The summed E-state index contributed by atoms with van der Waals surface area (Å²) in [6.45, 7) is 1.82. The first-order chi connectivity index (χ1) is 9.52. The van der Waals surface area contributed by atoms with Gasteiger partial charge in [-0.15, -0.1) is 0 Å². The first kappa shape index (κ1) is 15.0. The lowest BCUT2D eigenvalue weighted by atomic mass is 9.85. The molecule has 1 aromatic heterocycles. The summed E-state index contributed by atoms with van der Waals surface area (Å²) < 4.78 is 7.31. The normalized spacial score (nSPS) is 10.7. The number of hydrogen-bond acceptors (Lipinski definition) is 5. The molecule has 20 heavy (non-hydrogen) atoms. The highest BCUT2D eigenvalue weighted by Crippen LogP contribution is 2.24. The molecule has 106 valence electrons. The molecule has 0 aliphatic carbocycles. The summed E-state index contributed by atoms with van der Waals surface area (Å²) in [6.07, 6.45) is 2.05. The number of aryl methyl sites for hydroxylation is 1. The summed E-state index contributed by atoms with van der Waals surface area (Å²) in [5.41, 5.74) is 2.08. The molecule has 0 saturated heterocycles. The van der Waals surface area contributed by atoms with Crippen LogP contribution in [0, 0.1) is 6.92 Å². The summed E-state index contributed by atoms with van der Waals surface area (Å²) in [7, 11) is 0.0796. The van der Waals surface area contributed by atoms with Gasteiger partial charge in [-0.25, -0.2) is 0 Å². The van der Waals surface area contributed by atoms with E-state index in [0.29, 0.717) is 11.5 Å². The maximum Gasteiger partial charge on any atom is 0.514 e. The molecule has 0 bridgehead atoms. The lowest BCUT2D eigenvalue weighted by Gasteiger charge is -2.08. The highest BCUT2D eigenvalue weighted by molar-refractivity contribution is 7.97. The number of ether oxygens (including phenoxy) is 1. The van der Waals surface area contributed by atoms with Gasteiger partial charge in [0.1, 0.15) is 11.3 Å². The third kappa shape index (κ3) is 3.17. The molecular formula is C13H17BN2O3S. The van der Waals surface area contributed by atoms with Crippen molar-refractivity contribution in [1.82, 2.24) is 9.78 Å². The van der Waals surface area contributed by atoms with Crippen LogP contribution >= 0.6 is 11.8 Å². The Balaban J connectivity index is 2.25. The summed E-state index contributed by atoms with van der Waals surface area (Å²) in [4.78, 5) is 0. The molecule has 2 N–H and O–H groups in total. The van der Waals surface area contributed by atoms with Gasteiger partial charge in [0.2, 0.25) is 0 Å². The zero-order chi connectivity index (χ0) is 14.7. The zero-order valence-electron chi connectivity index (χ0n) is 11.7. The number of aromatic nitrogens is 2. The van der Waals surface area contributed by atoms with E-state index in [9.17, 15) is 10.0 Å². The lowest BCUT2D eigenvalue weighted by Crippen LogP contribution is -2.32. The average molecular weight is 292 g/mol. The smallest absolute Gasteiger partial charge is 0.454 e. The van der Waals surface area contributed by atoms with Crippen LogP contribution in [0.15, 0.2) is 24.3 Å². The van der Waals surface area contributed by atoms with Crippen molar-refractivity contribution in [2.45, 2.75) is 12.7 Å². The second-order valence-electron chi connectivity index (χ2n) is 4.48. The molecule has 0 radical (unpaired) electrons. The van der Waals surface area contributed by atoms with E-state index in [2.05, 4.69) is 11.4 Å². The average Bonchev–Trinajstić information content (AvgIpc) is 2.70. The maximum absolute atomic E-state index is 9.33. The van der Waals surface area contributed by atoms with E-state index in [0.717, 1.165) is 11.4 Å².